The van der Waals surface area contributed by atoms with Crippen LogP contribution in [-0.2, 0) is 29.3 Å². The number of hydrogen-bond acceptors (Lipinski definition) is 6. The molecule has 0 aliphatic carbocycles. The molecule has 1 fully saturated rings. The van der Waals surface area contributed by atoms with Crippen molar-refractivity contribution in [3.05, 3.63) is 148 Å². The molecule has 6 atom stereocenters. The third-order valence-corrected chi connectivity index (χ3v) is 14.3. The van der Waals surface area contributed by atoms with Crippen molar-refractivity contribution in [2.45, 2.75) is 208 Å². The van der Waals surface area contributed by atoms with E-state index in [0.29, 0.717) is 47.5 Å². The number of carbonyl (C=O) groups excluding carboxylic acids is 4. The van der Waals surface area contributed by atoms with Gasteiger partial charge in [-0.3, -0.25) is 19.2 Å². The van der Waals surface area contributed by atoms with Crippen LogP contribution >= 0.6 is 12.6 Å². The first kappa shape index (κ1) is 75.3. The Morgan fingerprint density at radius 3 is 1.55 bits per heavy atom. The zero-order valence-corrected chi connectivity index (χ0v) is 53.4. The second-order valence-electron chi connectivity index (χ2n) is 22.5. The van der Waals surface area contributed by atoms with E-state index in [-0.39, 0.29) is 35.2 Å². The molecule has 3 aromatic rings. The van der Waals surface area contributed by atoms with Crippen molar-refractivity contribution in [3.8, 4) is 0 Å². The van der Waals surface area contributed by atoms with Crippen molar-refractivity contribution in [1.82, 2.24) is 4.90 Å². The van der Waals surface area contributed by atoms with Gasteiger partial charge in [0.05, 0.1) is 13.2 Å². The van der Waals surface area contributed by atoms with E-state index in [0.717, 1.165) is 36.1 Å². The maximum absolute atomic E-state index is 12.3. The highest BCUT2D eigenvalue weighted by atomic mass is 32.1. The van der Waals surface area contributed by atoms with Crippen molar-refractivity contribution in [1.29, 1.82) is 0 Å². The van der Waals surface area contributed by atoms with Crippen LogP contribution in [0.2, 0.25) is 0 Å². The quantitative estimate of drug-likeness (QED) is 0.0643. The Morgan fingerprint density at radius 2 is 1.20 bits per heavy atom. The number of benzene rings is 3. The molecule has 1 N–H and O–H groups in total. The largest absolute Gasteiger partial charge is 0.469 e. The Labute approximate surface area is 472 Å². The average molecular weight is 1070 g/mol. The molecular formula is C68H110N2O5S. The molecule has 428 valence electrons. The average Bonchev–Trinajstić information content (AvgIpc) is 3.76. The second-order valence-corrected chi connectivity index (χ2v) is 22.7. The molecule has 8 heteroatoms. The predicted molar refractivity (Wildman–Crippen MR) is 337 cm³/mol. The van der Waals surface area contributed by atoms with Crippen molar-refractivity contribution in [2.24, 2.45) is 29.6 Å². The van der Waals surface area contributed by atoms with Crippen LogP contribution in [0.5, 0.6) is 0 Å². The van der Waals surface area contributed by atoms with E-state index in [1.54, 1.807) is 6.92 Å². The number of esters is 1. The SMILES string of the molecule is C=C(CC)C[C@H](C)C(=C)Nc1ccc(C(C)CC[C@@H](C)c2ccc(C)c(C)c2)cc1C.C=C1CC(C(=C)C)N(C(=O)[C@@H](C)C(C)C)C1.CC.CC(=O)C(C)C(C)C.COC(C)=O.Cc1ccc(C(C)(C)C)cc1.O=CS. The Balaban J connectivity index is -0.000000983. The minimum Gasteiger partial charge on any atom is -0.469 e. The summed E-state index contributed by atoms with van der Waals surface area (Å²) in [6.45, 7) is 62.8. The second kappa shape index (κ2) is 39.4. The van der Waals surface area contributed by atoms with Gasteiger partial charge in [0, 0.05) is 36.7 Å². The third kappa shape index (κ3) is 30.7. The van der Waals surface area contributed by atoms with Crippen LogP contribution in [0.4, 0.5) is 5.69 Å². The summed E-state index contributed by atoms with van der Waals surface area (Å²) in [6.07, 6.45) is 5.31. The first-order valence-corrected chi connectivity index (χ1v) is 28.3. The molecule has 76 heavy (non-hydrogen) atoms. The number of hydrogen-bond donors (Lipinski definition) is 2. The molecule has 4 rings (SSSR count). The van der Waals surface area contributed by atoms with Gasteiger partial charge >= 0.3 is 5.97 Å². The monoisotopic (exact) mass is 1070 g/mol. The van der Waals surface area contributed by atoms with Gasteiger partial charge in [0.1, 0.15) is 5.78 Å². The summed E-state index contributed by atoms with van der Waals surface area (Å²) in [5.41, 5.74) is 16.1. The van der Waals surface area contributed by atoms with E-state index in [4.69, 9.17) is 4.79 Å². The van der Waals surface area contributed by atoms with E-state index < -0.39 is 0 Å². The lowest BCUT2D eigenvalue weighted by atomic mass is 9.87. The number of ether oxygens (including phenoxy) is 1. The lowest BCUT2D eigenvalue weighted by Crippen LogP contribution is -2.40. The summed E-state index contributed by atoms with van der Waals surface area (Å²) < 4.78 is 4.11. The normalized spacial score (nSPS) is 14.4. The van der Waals surface area contributed by atoms with Crippen LogP contribution in [0.15, 0.2) is 109 Å². The highest BCUT2D eigenvalue weighted by Crippen LogP contribution is 2.32. The molecule has 7 nitrogen and oxygen atoms in total. The maximum Gasteiger partial charge on any atom is 0.302 e. The van der Waals surface area contributed by atoms with Crippen LogP contribution in [0.3, 0.4) is 0 Å². The molecule has 3 unspecified atom stereocenters. The van der Waals surface area contributed by atoms with Crippen molar-refractivity contribution >= 4 is 41.6 Å². The number of nitrogens with zero attached hydrogens (tertiary/aromatic N) is 1. The zero-order chi connectivity index (χ0) is 59.8. The van der Waals surface area contributed by atoms with Gasteiger partial charge < -0.3 is 15.0 Å². The van der Waals surface area contributed by atoms with Gasteiger partial charge in [-0.1, -0.05) is 207 Å². The minimum atomic E-state index is -0.245. The van der Waals surface area contributed by atoms with Crippen LogP contribution in [0, 0.1) is 57.3 Å². The number of thiol groups is 1. The summed E-state index contributed by atoms with van der Waals surface area (Å²) in [7, 11) is 1.35. The lowest BCUT2D eigenvalue weighted by molar-refractivity contribution is -0.138. The number of carbonyl (C=O) groups is 4. The minimum absolute atomic E-state index is 0.0766. The topological polar surface area (TPSA) is 92.8 Å². The molecule has 0 radical (unpaired) electrons. The fourth-order valence-electron chi connectivity index (χ4n) is 7.58. The van der Waals surface area contributed by atoms with Gasteiger partial charge in [-0.25, -0.2) is 0 Å². The van der Waals surface area contributed by atoms with E-state index in [1.807, 2.05) is 39.5 Å². The molecule has 1 aliphatic rings. The van der Waals surface area contributed by atoms with Crippen LogP contribution in [0.25, 0.3) is 0 Å². The van der Waals surface area contributed by atoms with Gasteiger partial charge in [0.25, 0.3) is 0 Å². The number of allylic oxidation sites excluding steroid dienone is 2. The molecule has 1 heterocycles. The number of likely N-dealkylation sites (tertiary alicyclic amines) is 1. The number of nitrogens with one attached hydrogen (secondary N) is 1. The highest BCUT2D eigenvalue weighted by Gasteiger charge is 2.34. The molecular weight excluding hydrogens is 957 g/mol. The first-order valence-electron chi connectivity index (χ1n) is 27.8. The van der Waals surface area contributed by atoms with Crippen LogP contribution < -0.4 is 5.32 Å². The van der Waals surface area contributed by atoms with Gasteiger partial charge in [-0.05, 0) is 148 Å². The highest BCUT2D eigenvalue weighted by molar-refractivity contribution is 7.94. The summed E-state index contributed by atoms with van der Waals surface area (Å²) >= 11 is 3.11. The molecule has 1 saturated heterocycles. The Hall–Kier alpha value is -4.95. The molecule has 0 aromatic heterocycles. The standard InChI is InChI=1S/C30H43N.C14H23NO.C11H16.C7H14O.C3H6O2.C2H6.CH2OS/c1-10-20(2)17-25(7)27(9)31-30-16-15-29(19-26(30)8)23(5)12-11-22(4)28-14-13-21(3)24(6)18-28;1-9(2)12(6)14(16)15-8-11(5)7-13(15)10(3)4;1-9-5-7-10(8-6-9)11(2,3)4;1-5(2)6(3)7(4)8;1-3(4)5-2;1-2;2-1-3/h13-16,18-19,22-23,25,31H,2,9-12,17H2,1,3-8H3;9,12-13H,3,5,7-8H2,1-2,4,6H3;5-8H,1-4H3;5-6H,1-4H3;1-2H3;1-2H3;1H,(H,2,3)/t22-,23?,25+;12-,13?;;;;;/m10...../s1. The van der Waals surface area contributed by atoms with Crippen LogP contribution in [0.1, 0.15) is 208 Å². The molecule has 3 aromatic carbocycles. The van der Waals surface area contributed by atoms with Crippen molar-refractivity contribution in [3.63, 3.8) is 0 Å². The zero-order valence-electron chi connectivity index (χ0n) is 52.5. The van der Waals surface area contributed by atoms with Gasteiger partial charge in [0.2, 0.25) is 5.91 Å². The van der Waals surface area contributed by atoms with E-state index in [1.165, 1.54) is 77.1 Å². The fourth-order valence-corrected chi connectivity index (χ4v) is 7.58. The molecule has 0 spiro atoms. The van der Waals surface area contributed by atoms with E-state index in [9.17, 15) is 14.4 Å². The maximum atomic E-state index is 12.3. The van der Waals surface area contributed by atoms with Crippen molar-refractivity contribution in [2.75, 3.05) is 19.0 Å². The number of rotatable bonds is 16. The Bertz CT molecular complexity index is 2230. The van der Waals surface area contributed by atoms with Gasteiger partial charge in [0.15, 0.2) is 5.62 Å². The number of ketones is 1. The van der Waals surface area contributed by atoms with Gasteiger partial charge in [-0.2, -0.15) is 0 Å². The third-order valence-electron chi connectivity index (χ3n) is 14.3. The fraction of sp³-hybridized carbons (Fsp3) is 0.559. The Morgan fingerprint density at radius 1 is 0.750 bits per heavy atom. The van der Waals surface area contributed by atoms with E-state index >= 15 is 0 Å². The summed E-state index contributed by atoms with van der Waals surface area (Å²) in [5.74, 6) is 3.00. The van der Waals surface area contributed by atoms with Crippen LogP contribution in [-0.4, -0.2) is 47.9 Å². The summed E-state index contributed by atoms with van der Waals surface area (Å²) in [6, 6.07) is 22.7. The predicted octanol–water partition coefficient (Wildman–Crippen LogP) is 18.7. The first-order chi connectivity index (χ1) is 35.2. The summed E-state index contributed by atoms with van der Waals surface area (Å²) in [4.78, 5) is 43.1. The number of methoxy groups -OCH3 is 1. The molecule has 1 aliphatic heterocycles. The number of Topliss-reactive ketones (excluding diaryl/α,β-unsaturated/α-hetero) is 1. The molecule has 0 bridgehead atoms. The number of aryl methyl sites for hydroxylation is 4. The van der Waals surface area contributed by atoms with Crippen molar-refractivity contribution < 1.29 is 23.9 Å². The van der Waals surface area contributed by atoms with E-state index in [2.05, 4.69) is 214 Å². The smallest absolute Gasteiger partial charge is 0.302 e. The Kier molecular flexibility index (Phi) is 39.0. The van der Waals surface area contributed by atoms with Gasteiger partial charge in [-0.15, -0.1) is 12.6 Å². The molecule has 0 saturated carbocycles. The molecule has 1 amide bonds. The summed E-state index contributed by atoms with van der Waals surface area (Å²) in [5, 5.41) is 3.55. The number of amides is 1. The number of anilines is 1. The lowest BCUT2D eigenvalue weighted by Gasteiger charge is -2.28.